The van der Waals surface area contributed by atoms with Crippen molar-refractivity contribution in [3.05, 3.63) is 83.9 Å². The molecule has 6 heteroatoms. The van der Waals surface area contributed by atoms with E-state index in [2.05, 4.69) is 10.6 Å². The molecule has 1 atom stereocenters. The van der Waals surface area contributed by atoms with Crippen molar-refractivity contribution in [3.63, 3.8) is 0 Å². The molecule has 0 spiro atoms. The lowest BCUT2D eigenvalue weighted by Crippen LogP contribution is -2.29. The van der Waals surface area contributed by atoms with Crippen LogP contribution in [0.15, 0.2) is 72.8 Å². The molecular weight excluding hydrogens is 416 g/mol. The molecule has 1 amide bonds. The molecule has 6 nitrogen and oxygen atoms in total. The summed E-state index contributed by atoms with van der Waals surface area (Å²) >= 11 is 0. The van der Waals surface area contributed by atoms with Gasteiger partial charge in [-0.3, -0.25) is 4.79 Å². The fraction of sp³-hybridized carbons (Fsp3) is 0.222. The van der Waals surface area contributed by atoms with Crippen molar-refractivity contribution in [2.75, 3.05) is 5.32 Å². The number of ketones is 1. The largest absolute Gasteiger partial charge is 0.478 e. The second-order valence-electron chi connectivity index (χ2n) is 8.11. The summed E-state index contributed by atoms with van der Waals surface area (Å²) in [5.74, 6) is -1.15. The smallest absolute Gasteiger partial charge is 0.337 e. The molecule has 0 aliphatic carbocycles. The van der Waals surface area contributed by atoms with E-state index < -0.39 is 5.97 Å². The average molecular weight is 445 g/mol. The molecule has 3 N–H and O–H groups in total. The fourth-order valence-corrected chi connectivity index (χ4v) is 3.46. The summed E-state index contributed by atoms with van der Waals surface area (Å²) in [5.41, 5.74) is 4.55. The van der Waals surface area contributed by atoms with Gasteiger partial charge >= 0.3 is 5.97 Å². The first-order chi connectivity index (χ1) is 15.8. The number of nitrogens with one attached hydrogen (secondary N) is 2. The van der Waals surface area contributed by atoms with Crippen molar-refractivity contribution >= 4 is 29.0 Å². The monoisotopic (exact) mass is 444 g/mol. The zero-order valence-corrected chi connectivity index (χ0v) is 18.8. The molecule has 0 saturated heterocycles. The van der Waals surface area contributed by atoms with E-state index in [1.165, 1.54) is 6.92 Å². The minimum Gasteiger partial charge on any atom is -0.478 e. The van der Waals surface area contributed by atoms with E-state index in [0.29, 0.717) is 25.1 Å². The van der Waals surface area contributed by atoms with Gasteiger partial charge in [0.2, 0.25) is 5.91 Å². The first-order valence-corrected chi connectivity index (χ1v) is 10.9. The Labute approximate surface area is 193 Å². The van der Waals surface area contributed by atoms with E-state index >= 15 is 0 Å². The molecule has 170 valence electrons. The fourth-order valence-electron chi connectivity index (χ4n) is 3.46. The van der Waals surface area contributed by atoms with Gasteiger partial charge in [-0.2, -0.15) is 0 Å². The third-order valence-corrected chi connectivity index (χ3v) is 5.43. The maximum atomic E-state index is 12.3. The van der Waals surface area contributed by atoms with Gasteiger partial charge in [0, 0.05) is 24.6 Å². The number of carboxylic acids is 1. The molecule has 1 unspecified atom stereocenters. The Morgan fingerprint density at radius 1 is 0.909 bits per heavy atom. The van der Waals surface area contributed by atoms with Crippen LogP contribution in [0.2, 0.25) is 0 Å². The molecule has 3 aromatic rings. The molecule has 0 aliphatic heterocycles. The SMILES string of the molecule is CC(=O)CCC(C)C(=O)NCc1cccc(-c2ccc(Nc3ccccc3C(=O)O)cc2)c1. The van der Waals surface area contributed by atoms with Crippen LogP contribution in [0.4, 0.5) is 11.4 Å². The highest BCUT2D eigenvalue weighted by molar-refractivity contribution is 5.95. The van der Waals surface area contributed by atoms with Gasteiger partial charge in [0.15, 0.2) is 0 Å². The number of carbonyl (C=O) groups excluding carboxylic acids is 2. The minimum atomic E-state index is -0.980. The number of rotatable bonds is 10. The van der Waals surface area contributed by atoms with Gasteiger partial charge in [-0.15, -0.1) is 0 Å². The summed E-state index contributed by atoms with van der Waals surface area (Å²) in [5, 5.41) is 15.4. The van der Waals surface area contributed by atoms with Crippen molar-refractivity contribution in [3.8, 4) is 11.1 Å². The van der Waals surface area contributed by atoms with Gasteiger partial charge < -0.3 is 20.5 Å². The van der Waals surface area contributed by atoms with Crippen LogP contribution in [0, 0.1) is 5.92 Å². The van der Waals surface area contributed by atoms with Gasteiger partial charge in [-0.25, -0.2) is 4.79 Å². The molecule has 33 heavy (non-hydrogen) atoms. The second-order valence-corrected chi connectivity index (χ2v) is 8.11. The van der Waals surface area contributed by atoms with Crippen LogP contribution in [0.25, 0.3) is 11.1 Å². The maximum Gasteiger partial charge on any atom is 0.337 e. The van der Waals surface area contributed by atoms with E-state index in [-0.39, 0.29) is 23.2 Å². The predicted octanol–water partition coefficient (Wildman–Crippen LogP) is 5.42. The van der Waals surface area contributed by atoms with Crippen LogP contribution >= 0.6 is 0 Å². The number of aromatic carboxylic acids is 1. The number of carboxylic acid groups (broad SMARTS) is 1. The Morgan fingerprint density at radius 3 is 2.33 bits per heavy atom. The van der Waals surface area contributed by atoms with Crippen LogP contribution < -0.4 is 10.6 Å². The lowest BCUT2D eigenvalue weighted by atomic mass is 10.0. The predicted molar refractivity (Wildman–Crippen MR) is 129 cm³/mol. The van der Waals surface area contributed by atoms with Crippen molar-refractivity contribution in [1.82, 2.24) is 5.32 Å². The quantitative estimate of drug-likeness (QED) is 0.388. The zero-order valence-electron chi connectivity index (χ0n) is 18.8. The van der Waals surface area contributed by atoms with Crippen LogP contribution in [0.1, 0.15) is 42.6 Å². The highest BCUT2D eigenvalue weighted by Crippen LogP contribution is 2.25. The zero-order chi connectivity index (χ0) is 23.8. The van der Waals surface area contributed by atoms with Crippen LogP contribution in [-0.4, -0.2) is 22.8 Å². The number of amides is 1. The van der Waals surface area contributed by atoms with Crippen LogP contribution in [0.3, 0.4) is 0 Å². The summed E-state index contributed by atoms with van der Waals surface area (Å²) in [4.78, 5) is 34.8. The third-order valence-electron chi connectivity index (χ3n) is 5.43. The summed E-state index contributed by atoms with van der Waals surface area (Å²) in [7, 11) is 0. The molecule has 0 bridgehead atoms. The summed E-state index contributed by atoms with van der Waals surface area (Å²) in [6, 6.07) is 22.5. The van der Waals surface area contributed by atoms with E-state index in [1.807, 2.05) is 55.5 Å². The standard InChI is InChI=1S/C27H28N2O4/c1-18(10-11-19(2)30)26(31)28-17-20-6-5-7-22(16-20)21-12-14-23(15-13-21)29-25-9-4-3-8-24(25)27(32)33/h3-9,12-16,18,29H,10-11,17H2,1-2H3,(H,28,31)(H,32,33). The Hall–Kier alpha value is -3.93. The van der Waals surface area contributed by atoms with E-state index in [1.54, 1.807) is 24.3 Å². The Bertz CT molecular complexity index is 1140. The highest BCUT2D eigenvalue weighted by atomic mass is 16.4. The Kier molecular flexibility index (Phi) is 7.97. The molecule has 0 saturated carbocycles. The third kappa shape index (κ3) is 6.77. The van der Waals surface area contributed by atoms with Crippen molar-refractivity contribution < 1.29 is 19.5 Å². The minimum absolute atomic E-state index is 0.0567. The lowest BCUT2D eigenvalue weighted by Gasteiger charge is -2.13. The van der Waals surface area contributed by atoms with Gasteiger partial charge in [0.05, 0.1) is 11.3 Å². The number of hydrogen-bond acceptors (Lipinski definition) is 4. The molecule has 3 aromatic carbocycles. The van der Waals surface area contributed by atoms with Crippen LogP contribution in [-0.2, 0) is 16.1 Å². The van der Waals surface area contributed by atoms with E-state index in [4.69, 9.17) is 0 Å². The number of Topliss-reactive ketones (excluding diaryl/α,β-unsaturated/α-hetero) is 1. The van der Waals surface area contributed by atoms with Gasteiger partial charge in [-0.1, -0.05) is 49.4 Å². The first-order valence-electron chi connectivity index (χ1n) is 10.9. The Balaban J connectivity index is 1.64. The number of para-hydroxylation sites is 1. The van der Waals surface area contributed by atoms with E-state index in [0.717, 1.165) is 22.4 Å². The molecule has 0 fully saturated rings. The van der Waals surface area contributed by atoms with Gasteiger partial charge in [0.25, 0.3) is 0 Å². The number of benzene rings is 3. The summed E-state index contributed by atoms with van der Waals surface area (Å²) in [6.07, 6.45) is 0.968. The van der Waals surface area contributed by atoms with Gasteiger partial charge in [-0.05, 0) is 60.4 Å². The topological polar surface area (TPSA) is 95.5 Å². The van der Waals surface area contributed by atoms with Crippen molar-refractivity contribution in [1.29, 1.82) is 0 Å². The number of hydrogen-bond donors (Lipinski definition) is 3. The van der Waals surface area contributed by atoms with Crippen LogP contribution in [0.5, 0.6) is 0 Å². The normalized spacial score (nSPS) is 11.5. The average Bonchev–Trinajstić information content (AvgIpc) is 2.81. The van der Waals surface area contributed by atoms with Crippen molar-refractivity contribution in [2.45, 2.75) is 33.2 Å². The molecule has 0 heterocycles. The molecule has 0 aromatic heterocycles. The molecule has 0 radical (unpaired) electrons. The summed E-state index contributed by atoms with van der Waals surface area (Å²) < 4.78 is 0. The first kappa shape index (κ1) is 23.7. The van der Waals surface area contributed by atoms with Gasteiger partial charge in [0.1, 0.15) is 5.78 Å². The Morgan fingerprint density at radius 2 is 1.64 bits per heavy atom. The molecule has 0 aliphatic rings. The second kappa shape index (κ2) is 11.1. The number of carbonyl (C=O) groups is 3. The molecule has 3 rings (SSSR count). The van der Waals surface area contributed by atoms with E-state index in [9.17, 15) is 19.5 Å². The summed E-state index contributed by atoms with van der Waals surface area (Å²) in [6.45, 7) is 3.79. The molecular formula is C27H28N2O4. The van der Waals surface area contributed by atoms with Crippen molar-refractivity contribution in [2.24, 2.45) is 5.92 Å². The lowest BCUT2D eigenvalue weighted by molar-refractivity contribution is -0.125. The number of anilines is 2. The maximum absolute atomic E-state index is 12.3. The highest BCUT2D eigenvalue weighted by Gasteiger charge is 2.13.